The van der Waals surface area contributed by atoms with Crippen LogP contribution in [0.25, 0.3) is 0 Å². The van der Waals surface area contributed by atoms with Gasteiger partial charge in [-0.15, -0.1) is 0 Å². The zero-order valence-corrected chi connectivity index (χ0v) is 12.5. The Bertz CT molecular complexity index is 493. The standard InChI is InChI=1S/C14H18BrNO2/c1-13(2,3)14(18-12(16)17)7-6-9-4-5-10(15)8-11(9)14/h4-5,8H,6-7H2,1-3H3,(H2,16,17). The quantitative estimate of drug-likeness (QED) is 0.859. The molecular weight excluding hydrogens is 294 g/mol. The first kappa shape index (κ1) is 13.4. The van der Waals surface area contributed by atoms with Crippen molar-refractivity contribution in [2.45, 2.75) is 39.2 Å². The number of nitrogens with two attached hydrogens (primary N) is 1. The van der Waals surface area contributed by atoms with E-state index in [9.17, 15) is 4.79 Å². The summed E-state index contributed by atoms with van der Waals surface area (Å²) in [5.41, 5.74) is 6.75. The van der Waals surface area contributed by atoms with Crippen molar-refractivity contribution in [3.8, 4) is 0 Å². The van der Waals surface area contributed by atoms with Crippen LogP contribution in [0.4, 0.5) is 4.79 Å². The summed E-state index contributed by atoms with van der Waals surface area (Å²) >= 11 is 3.48. The predicted octanol–water partition coefficient (Wildman–Crippen LogP) is 3.73. The van der Waals surface area contributed by atoms with Gasteiger partial charge in [-0.25, -0.2) is 4.79 Å². The van der Waals surface area contributed by atoms with E-state index in [2.05, 4.69) is 42.8 Å². The molecule has 18 heavy (non-hydrogen) atoms. The number of hydrogen-bond acceptors (Lipinski definition) is 2. The highest BCUT2D eigenvalue weighted by molar-refractivity contribution is 9.10. The Hall–Kier alpha value is -1.03. The minimum atomic E-state index is -0.710. The summed E-state index contributed by atoms with van der Waals surface area (Å²) in [6.07, 6.45) is 0.982. The van der Waals surface area contributed by atoms with E-state index >= 15 is 0 Å². The van der Waals surface area contributed by atoms with Crippen molar-refractivity contribution in [1.82, 2.24) is 0 Å². The van der Waals surface area contributed by atoms with E-state index in [-0.39, 0.29) is 5.41 Å². The zero-order chi connectivity index (χ0) is 13.6. The maximum atomic E-state index is 11.3. The Balaban J connectivity index is 2.59. The second kappa shape index (κ2) is 4.26. The van der Waals surface area contributed by atoms with Gasteiger partial charge in [0.05, 0.1) is 0 Å². The Kier molecular flexibility index (Phi) is 3.18. The normalized spacial score (nSPS) is 22.7. The molecule has 0 saturated heterocycles. The molecule has 98 valence electrons. The van der Waals surface area contributed by atoms with Crippen LogP contribution in [0.3, 0.4) is 0 Å². The van der Waals surface area contributed by atoms with Crippen LogP contribution in [-0.4, -0.2) is 6.09 Å². The van der Waals surface area contributed by atoms with Crippen LogP contribution >= 0.6 is 15.9 Å². The molecule has 0 spiro atoms. The Labute approximate surface area is 116 Å². The molecule has 2 rings (SSSR count). The number of fused-ring (bicyclic) bond motifs is 1. The van der Waals surface area contributed by atoms with Crippen LogP contribution in [0.2, 0.25) is 0 Å². The Morgan fingerprint density at radius 3 is 2.67 bits per heavy atom. The van der Waals surface area contributed by atoms with E-state index in [0.29, 0.717) is 0 Å². The number of benzene rings is 1. The van der Waals surface area contributed by atoms with E-state index in [1.807, 2.05) is 12.1 Å². The van der Waals surface area contributed by atoms with Gasteiger partial charge in [0.2, 0.25) is 0 Å². The van der Waals surface area contributed by atoms with E-state index in [1.165, 1.54) is 5.56 Å². The molecule has 0 radical (unpaired) electrons. The summed E-state index contributed by atoms with van der Waals surface area (Å²) in [4.78, 5) is 11.3. The van der Waals surface area contributed by atoms with Crippen LogP contribution in [0, 0.1) is 5.41 Å². The van der Waals surface area contributed by atoms with Crippen molar-refractivity contribution in [2.75, 3.05) is 0 Å². The number of halogens is 1. The van der Waals surface area contributed by atoms with Crippen LogP contribution in [0.1, 0.15) is 38.3 Å². The van der Waals surface area contributed by atoms with Gasteiger partial charge in [-0.3, -0.25) is 0 Å². The van der Waals surface area contributed by atoms with Gasteiger partial charge in [-0.2, -0.15) is 0 Å². The highest BCUT2D eigenvalue weighted by Crippen LogP contribution is 2.51. The van der Waals surface area contributed by atoms with Crippen molar-refractivity contribution < 1.29 is 9.53 Å². The zero-order valence-electron chi connectivity index (χ0n) is 10.9. The number of amides is 1. The third kappa shape index (κ3) is 2.03. The first-order chi connectivity index (χ1) is 8.26. The molecule has 1 aromatic carbocycles. The molecule has 1 aromatic rings. The van der Waals surface area contributed by atoms with E-state index < -0.39 is 11.7 Å². The summed E-state index contributed by atoms with van der Waals surface area (Å²) in [5.74, 6) is 0. The molecule has 1 aliphatic carbocycles. The Morgan fingerprint density at radius 1 is 1.44 bits per heavy atom. The summed E-state index contributed by atoms with van der Waals surface area (Å²) < 4.78 is 6.55. The summed E-state index contributed by atoms with van der Waals surface area (Å²) in [6, 6.07) is 6.13. The minimum Gasteiger partial charge on any atom is -0.438 e. The van der Waals surface area contributed by atoms with E-state index in [1.54, 1.807) is 0 Å². The molecule has 0 saturated carbocycles. The van der Waals surface area contributed by atoms with E-state index in [4.69, 9.17) is 10.5 Å². The van der Waals surface area contributed by atoms with Crippen LogP contribution in [0.5, 0.6) is 0 Å². The number of carbonyl (C=O) groups is 1. The van der Waals surface area contributed by atoms with Gasteiger partial charge in [-0.1, -0.05) is 42.8 Å². The lowest BCUT2D eigenvalue weighted by Gasteiger charge is -2.41. The molecule has 0 bridgehead atoms. The molecule has 1 aliphatic rings. The number of rotatable bonds is 1. The topological polar surface area (TPSA) is 52.3 Å². The van der Waals surface area contributed by atoms with Gasteiger partial charge >= 0.3 is 6.09 Å². The molecular formula is C14H18BrNO2. The van der Waals surface area contributed by atoms with Gasteiger partial charge in [-0.05, 0) is 30.5 Å². The highest BCUT2D eigenvalue weighted by Gasteiger charge is 2.50. The molecule has 0 aromatic heterocycles. The lowest BCUT2D eigenvalue weighted by Crippen LogP contribution is -2.43. The molecule has 0 fully saturated rings. The molecule has 1 unspecified atom stereocenters. The summed E-state index contributed by atoms with van der Waals surface area (Å²) in [6.45, 7) is 6.23. The molecule has 3 nitrogen and oxygen atoms in total. The lowest BCUT2D eigenvalue weighted by atomic mass is 9.72. The molecule has 1 amide bonds. The average molecular weight is 312 g/mol. The van der Waals surface area contributed by atoms with Crippen LogP contribution in [-0.2, 0) is 16.8 Å². The number of aryl methyl sites for hydroxylation is 1. The van der Waals surface area contributed by atoms with Crippen LogP contribution < -0.4 is 5.73 Å². The van der Waals surface area contributed by atoms with Gasteiger partial charge in [0.1, 0.15) is 5.60 Å². The fourth-order valence-electron chi connectivity index (χ4n) is 2.80. The second-order valence-electron chi connectivity index (χ2n) is 5.80. The molecule has 0 heterocycles. The first-order valence-corrected chi connectivity index (χ1v) is 6.83. The van der Waals surface area contributed by atoms with Gasteiger partial charge in [0, 0.05) is 15.5 Å². The first-order valence-electron chi connectivity index (χ1n) is 6.04. The molecule has 1 atom stereocenters. The number of carbonyl (C=O) groups excluding carboxylic acids is 1. The maximum Gasteiger partial charge on any atom is 0.405 e. The SMILES string of the molecule is CC(C)(C)C1(OC(N)=O)CCc2ccc(Br)cc21. The maximum absolute atomic E-state index is 11.3. The van der Waals surface area contributed by atoms with Gasteiger partial charge < -0.3 is 10.5 Å². The number of hydrogen-bond donors (Lipinski definition) is 1. The summed E-state index contributed by atoms with van der Waals surface area (Å²) in [5, 5.41) is 0. The monoisotopic (exact) mass is 311 g/mol. The van der Waals surface area contributed by atoms with Crippen molar-refractivity contribution in [3.05, 3.63) is 33.8 Å². The smallest absolute Gasteiger partial charge is 0.405 e. The predicted molar refractivity (Wildman–Crippen MR) is 74.3 cm³/mol. The number of ether oxygens (including phenoxy) is 1. The van der Waals surface area contributed by atoms with Crippen LogP contribution in [0.15, 0.2) is 22.7 Å². The van der Waals surface area contributed by atoms with Gasteiger partial charge in [0.15, 0.2) is 0 Å². The fraction of sp³-hybridized carbons (Fsp3) is 0.500. The average Bonchev–Trinajstić information content (AvgIpc) is 2.56. The highest BCUT2D eigenvalue weighted by atomic mass is 79.9. The van der Waals surface area contributed by atoms with Crippen molar-refractivity contribution in [3.63, 3.8) is 0 Å². The largest absolute Gasteiger partial charge is 0.438 e. The molecule has 2 N–H and O–H groups in total. The van der Waals surface area contributed by atoms with Crippen molar-refractivity contribution in [2.24, 2.45) is 11.1 Å². The summed E-state index contributed by atoms with van der Waals surface area (Å²) in [7, 11) is 0. The third-order valence-electron chi connectivity index (χ3n) is 3.74. The third-order valence-corrected chi connectivity index (χ3v) is 4.23. The molecule has 4 heteroatoms. The minimum absolute atomic E-state index is 0.200. The van der Waals surface area contributed by atoms with Crippen molar-refractivity contribution >= 4 is 22.0 Å². The van der Waals surface area contributed by atoms with Crippen molar-refractivity contribution in [1.29, 1.82) is 0 Å². The fourth-order valence-corrected chi connectivity index (χ4v) is 3.16. The van der Waals surface area contributed by atoms with Gasteiger partial charge in [0.25, 0.3) is 0 Å². The second-order valence-corrected chi connectivity index (χ2v) is 6.72. The molecule has 0 aliphatic heterocycles. The van der Waals surface area contributed by atoms with E-state index in [0.717, 1.165) is 22.9 Å². The number of primary amides is 1. The lowest BCUT2D eigenvalue weighted by molar-refractivity contribution is -0.0694. The Morgan fingerprint density at radius 2 is 2.11 bits per heavy atom.